The summed E-state index contributed by atoms with van der Waals surface area (Å²) in [6.45, 7) is 5.17. The highest BCUT2D eigenvalue weighted by Crippen LogP contribution is 2.36. The minimum absolute atomic E-state index is 0.915. The summed E-state index contributed by atoms with van der Waals surface area (Å²) in [5, 5.41) is 3.18. The summed E-state index contributed by atoms with van der Waals surface area (Å²) >= 11 is 1.81. The van der Waals surface area contributed by atoms with Crippen LogP contribution in [-0.4, -0.2) is 14.2 Å². The molecule has 0 aliphatic rings. The molecule has 0 unspecified atom stereocenters. The Morgan fingerprint density at radius 1 is 1.17 bits per heavy atom. The highest BCUT2D eigenvalue weighted by atomic mass is 32.1. The van der Waals surface area contributed by atoms with Gasteiger partial charge < -0.3 is 10.1 Å². The fourth-order valence-electron chi connectivity index (χ4n) is 1.94. The average Bonchev–Trinajstić information content (AvgIpc) is 2.81. The van der Waals surface area contributed by atoms with Gasteiger partial charge in [-0.25, -0.2) is 0 Å². The predicted octanol–water partition coefficient (Wildman–Crippen LogP) is 3.76. The van der Waals surface area contributed by atoms with Crippen molar-refractivity contribution in [3.8, 4) is 16.2 Å². The second-order valence-electron chi connectivity index (χ2n) is 4.43. The number of methoxy groups -OCH3 is 1. The SMILES string of the molecule is CNCc1ccc(-c2cc(C)c(C)cc2OC)s1. The van der Waals surface area contributed by atoms with E-state index in [2.05, 4.69) is 43.4 Å². The van der Waals surface area contributed by atoms with Crippen LogP contribution in [-0.2, 0) is 6.54 Å². The number of nitrogens with one attached hydrogen (secondary N) is 1. The molecule has 0 saturated carbocycles. The van der Waals surface area contributed by atoms with Gasteiger partial charge in [0.05, 0.1) is 7.11 Å². The van der Waals surface area contributed by atoms with Crippen molar-refractivity contribution in [2.45, 2.75) is 20.4 Å². The maximum Gasteiger partial charge on any atom is 0.127 e. The molecular formula is C15H19NOS. The van der Waals surface area contributed by atoms with E-state index in [4.69, 9.17) is 4.74 Å². The van der Waals surface area contributed by atoms with Crippen LogP contribution >= 0.6 is 11.3 Å². The smallest absolute Gasteiger partial charge is 0.127 e. The molecule has 0 aliphatic carbocycles. The lowest BCUT2D eigenvalue weighted by Gasteiger charge is -2.10. The molecule has 3 heteroatoms. The lowest BCUT2D eigenvalue weighted by atomic mass is 10.0. The molecule has 0 bridgehead atoms. The summed E-state index contributed by atoms with van der Waals surface area (Å²) in [6.07, 6.45) is 0. The topological polar surface area (TPSA) is 21.3 Å². The van der Waals surface area contributed by atoms with Gasteiger partial charge in [-0.3, -0.25) is 0 Å². The van der Waals surface area contributed by atoms with Crippen molar-refractivity contribution < 1.29 is 4.74 Å². The Labute approximate surface area is 113 Å². The molecule has 0 radical (unpaired) electrons. The number of ether oxygens (including phenoxy) is 1. The second kappa shape index (κ2) is 5.55. The molecule has 0 spiro atoms. The van der Waals surface area contributed by atoms with Crippen LogP contribution < -0.4 is 10.1 Å². The number of hydrogen-bond acceptors (Lipinski definition) is 3. The van der Waals surface area contributed by atoms with Crippen molar-refractivity contribution in [1.29, 1.82) is 0 Å². The summed E-state index contributed by atoms with van der Waals surface area (Å²) < 4.78 is 5.50. The van der Waals surface area contributed by atoms with Crippen LogP contribution in [0.4, 0.5) is 0 Å². The van der Waals surface area contributed by atoms with E-state index < -0.39 is 0 Å². The highest BCUT2D eigenvalue weighted by molar-refractivity contribution is 7.15. The standard InChI is InChI=1S/C15H19NOS/c1-10-7-13(14(17-4)8-11(10)2)15-6-5-12(18-15)9-16-3/h5-8,16H,9H2,1-4H3. The van der Waals surface area contributed by atoms with Gasteiger partial charge in [0.25, 0.3) is 0 Å². The molecule has 2 aromatic rings. The van der Waals surface area contributed by atoms with Crippen LogP contribution in [0.1, 0.15) is 16.0 Å². The van der Waals surface area contributed by atoms with E-state index in [1.54, 1.807) is 7.11 Å². The first kappa shape index (κ1) is 13.1. The van der Waals surface area contributed by atoms with E-state index in [1.165, 1.54) is 26.4 Å². The van der Waals surface area contributed by atoms with Gasteiger partial charge in [0.15, 0.2) is 0 Å². The normalized spacial score (nSPS) is 10.7. The monoisotopic (exact) mass is 261 g/mol. The van der Waals surface area contributed by atoms with E-state index in [0.717, 1.165) is 12.3 Å². The van der Waals surface area contributed by atoms with E-state index in [1.807, 2.05) is 18.4 Å². The molecule has 0 amide bonds. The fourth-order valence-corrected chi connectivity index (χ4v) is 2.98. The minimum Gasteiger partial charge on any atom is -0.496 e. The Balaban J connectivity index is 2.45. The summed E-state index contributed by atoms with van der Waals surface area (Å²) in [6, 6.07) is 8.67. The van der Waals surface area contributed by atoms with Crippen molar-refractivity contribution in [2.75, 3.05) is 14.2 Å². The number of aryl methyl sites for hydroxylation is 2. The molecule has 96 valence electrons. The Morgan fingerprint density at radius 3 is 2.56 bits per heavy atom. The molecule has 2 nitrogen and oxygen atoms in total. The third kappa shape index (κ3) is 2.57. The number of benzene rings is 1. The third-order valence-corrected chi connectivity index (χ3v) is 4.21. The average molecular weight is 261 g/mol. The molecule has 0 fully saturated rings. The van der Waals surface area contributed by atoms with Crippen molar-refractivity contribution in [3.05, 3.63) is 40.3 Å². The van der Waals surface area contributed by atoms with Gasteiger partial charge in [-0.2, -0.15) is 0 Å². The number of thiophene rings is 1. The van der Waals surface area contributed by atoms with Crippen LogP contribution in [0, 0.1) is 13.8 Å². The van der Waals surface area contributed by atoms with Crippen LogP contribution in [0.2, 0.25) is 0 Å². The van der Waals surface area contributed by atoms with Crippen LogP contribution in [0.5, 0.6) is 5.75 Å². The summed E-state index contributed by atoms with van der Waals surface area (Å²) in [5.74, 6) is 0.955. The summed E-state index contributed by atoms with van der Waals surface area (Å²) in [4.78, 5) is 2.60. The zero-order chi connectivity index (χ0) is 13.1. The Hall–Kier alpha value is -1.32. The maximum atomic E-state index is 5.50. The fraction of sp³-hybridized carbons (Fsp3) is 0.333. The Morgan fingerprint density at radius 2 is 1.89 bits per heavy atom. The van der Waals surface area contributed by atoms with Crippen molar-refractivity contribution in [1.82, 2.24) is 5.32 Å². The van der Waals surface area contributed by atoms with Gasteiger partial charge in [-0.15, -0.1) is 11.3 Å². The first-order valence-corrected chi connectivity index (χ1v) is 6.86. The molecule has 1 aromatic heterocycles. The first-order chi connectivity index (χ1) is 8.65. The Bertz CT molecular complexity index is 545. The molecule has 1 aromatic carbocycles. The largest absolute Gasteiger partial charge is 0.496 e. The lowest BCUT2D eigenvalue weighted by Crippen LogP contribution is -2.02. The van der Waals surface area contributed by atoms with Crippen molar-refractivity contribution in [3.63, 3.8) is 0 Å². The first-order valence-electron chi connectivity index (χ1n) is 6.04. The summed E-state index contributed by atoms with van der Waals surface area (Å²) in [5.41, 5.74) is 3.75. The molecule has 0 saturated heterocycles. The maximum absolute atomic E-state index is 5.50. The molecule has 2 rings (SSSR count). The van der Waals surface area contributed by atoms with Crippen LogP contribution in [0.3, 0.4) is 0 Å². The van der Waals surface area contributed by atoms with E-state index in [9.17, 15) is 0 Å². The number of rotatable bonds is 4. The number of hydrogen-bond donors (Lipinski definition) is 1. The third-order valence-electron chi connectivity index (χ3n) is 3.09. The van der Waals surface area contributed by atoms with Gasteiger partial charge >= 0.3 is 0 Å². The molecule has 0 aliphatic heterocycles. The minimum atomic E-state index is 0.915. The zero-order valence-corrected chi connectivity index (χ0v) is 12.1. The van der Waals surface area contributed by atoms with E-state index >= 15 is 0 Å². The van der Waals surface area contributed by atoms with Crippen molar-refractivity contribution in [2.24, 2.45) is 0 Å². The van der Waals surface area contributed by atoms with Gasteiger partial charge in [-0.1, -0.05) is 0 Å². The molecule has 1 heterocycles. The molecule has 0 atom stereocenters. The quantitative estimate of drug-likeness (QED) is 0.905. The lowest BCUT2D eigenvalue weighted by molar-refractivity contribution is 0.416. The Kier molecular flexibility index (Phi) is 4.04. The highest BCUT2D eigenvalue weighted by Gasteiger charge is 2.10. The van der Waals surface area contributed by atoms with Crippen molar-refractivity contribution >= 4 is 11.3 Å². The molecular weight excluding hydrogens is 242 g/mol. The van der Waals surface area contributed by atoms with Crippen LogP contribution in [0.25, 0.3) is 10.4 Å². The van der Waals surface area contributed by atoms with E-state index in [0.29, 0.717) is 0 Å². The predicted molar refractivity (Wildman–Crippen MR) is 78.5 cm³/mol. The summed E-state index contributed by atoms with van der Waals surface area (Å²) in [7, 11) is 3.70. The van der Waals surface area contributed by atoms with Gasteiger partial charge in [0.1, 0.15) is 5.75 Å². The van der Waals surface area contributed by atoms with Crippen LogP contribution in [0.15, 0.2) is 24.3 Å². The van der Waals surface area contributed by atoms with Gasteiger partial charge in [0.2, 0.25) is 0 Å². The van der Waals surface area contributed by atoms with E-state index in [-0.39, 0.29) is 0 Å². The van der Waals surface area contributed by atoms with Gasteiger partial charge in [0, 0.05) is 21.9 Å². The zero-order valence-electron chi connectivity index (χ0n) is 11.3. The molecule has 1 N–H and O–H groups in total. The van der Waals surface area contributed by atoms with Gasteiger partial charge in [-0.05, 0) is 56.3 Å². The second-order valence-corrected chi connectivity index (χ2v) is 5.60. The molecule has 18 heavy (non-hydrogen) atoms.